The molecule has 21 nitrogen and oxygen atoms in total. The summed E-state index contributed by atoms with van der Waals surface area (Å²) in [6, 6.07) is -0.545. The van der Waals surface area contributed by atoms with Crippen LogP contribution in [-0.4, -0.2) is 77.5 Å². The van der Waals surface area contributed by atoms with Gasteiger partial charge in [0.15, 0.2) is 0 Å². The van der Waals surface area contributed by atoms with E-state index in [4.69, 9.17) is 73.1 Å². The quantitative estimate of drug-likeness (QED) is 0.0512. The Bertz CT molecular complexity index is 1010. The maximum atomic E-state index is 11.7. The number of halogens is 1. The van der Waals surface area contributed by atoms with Crippen molar-refractivity contribution in [3.63, 3.8) is 0 Å². The summed E-state index contributed by atoms with van der Waals surface area (Å²) in [7, 11) is -13.9. The molecule has 1 aromatic rings. The average molecular weight is 673 g/mol. The molecule has 0 aromatic carbocycles. The summed E-state index contributed by atoms with van der Waals surface area (Å²) in [4.78, 5) is 92.5. The Kier molecular flexibility index (Phi) is 15.7. The van der Waals surface area contributed by atoms with Crippen LogP contribution >= 0.6 is 46.1 Å². The van der Waals surface area contributed by atoms with E-state index >= 15 is 0 Å². The highest BCUT2D eigenvalue weighted by Gasteiger charge is 2.35. The number of nitrogens with one attached hydrogen (secondary N) is 1. The number of aliphatic hydroxyl groups is 1. The van der Waals surface area contributed by atoms with Gasteiger partial charge in [0.05, 0.1) is 22.3 Å². The predicted octanol–water partition coefficient (Wildman–Crippen LogP) is -2.69. The number of hydrogen-bond acceptors (Lipinski definition) is 8. The number of hydrogen-bond donors (Lipinski definition) is 11. The summed E-state index contributed by atoms with van der Waals surface area (Å²) in [5.74, 6) is 0. The number of azide groups is 1. The van der Waals surface area contributed by atoms with Gasteiger partial charge in [0.25, 0.3) is 5.56 Å². The fraction of sp³-hybridized carbons (Fsp3) is 0.556. The highest BCUT2D eigenvalue weighted by Crippen LogP contribution is 2.30. The molecule has 3 atom stereocenters. The molecule has 0 radical (unpaired) electrons. The summed E-state index contributed by atoms with van der Waals surface area (Å²) < 4.78 is 33.7. The zero-order chi connectivity index (χ0) is 27.5. The van der Waals surface area contributed by atoms with Gasteiger partial charge in [0.1, 0.15) is 6.23 Å². The van der Waals surface area contributed by atoms with Crippen molar-refractivity contribution in [3.05, 3.63) is 41.0 Å². The van der Waals surface area contributed by atoms with Gasteiger partial charge in [-0.2, -0.15) is 0 Å². The Morgan fingerprint density at radius 3 is 1.82 bits per heavy atom. The van der Waals surface area contributed by atoms with Crippen LogP contribution in [0.4, 0.5) is 0 Å². The van der Waals surface area contributed by atoms with Gasteiger partial charge >= 0.3 is 29.2 Å². The zero-order valence-electron chi connectivity index (χ0n) is 16.2. The molecule has 0 bridgehead atoms. The van der Waals surface area contributed by atoms with Gasteiger partial charge < -0.3 is 53.9 Å². The molecular formula is C9H19IN5O16P3. The van der Waals surface area contributed by atoms with Crippen LogP contribution in [-0.2, 0) is 18.4 Å². The first-order valence-corrected chi connectivity index (χ1v) is 13.5. The van der Waals surface area contributed by atoms with Crippen LogP contribution in [0.25, 0.3) is 10.4 Å². The summed E-state index contributed by atoms with van der Waals surface area (Å²) in [6.45, 7) is -0.310. The summed E-state index contributed by atoms with van der Waals surface area (Å²) >= 11 is 1.80. The first-order chi connectivity index (χ1) is 15.1. The molecule has 25 heteroatoms. The Labute approximate surface area is 200 Å². The van der Waals surface area contributed by atoms with Crippen LogP contribution in [0.2, 0.25) is 0 Å². The van der Waals surface area contributed by atoms with Gasteiger partial charge in [0.2, 0.25) is 0 Å². The number of aromatic nitrogens is 2. The van der Waals surface area contributed by atoms with Crippen molar-refractivity contribution >= 4 is 46.1 Å². The van der Waals surface area contributed by atoms with E-state index in [1.165, 1.54) is 10.8 Å². The number of ether oxygens (including phenoxy) is 1. The number of phosphoric acid groups is 3. The number of nitrogens with zero attached hydrogens (tertiary/aromatic N) is 4. The summed E-state index contributed by atoms with van der Waals surface area (Å²) in [6.07, 6.45) is 0.305. The van der Waals surface area contributed by atoms with Crippen LogP contribution in [0.5, 0.6) is 0 Å². The van der Waals surface area contributed by atoms with Crippen LogP contribution in [0.3, 0.4) is 0 Å². The molecule has 0 saturated carbocycles. The minimum Gasteiger partial charge on any atom is -0.394 e. The lowest BCUT2D eigenvalue weighted by molar-refractivity contribution is -0.0271. The third-order valence-corrected chi connectivity index (χ3v) is 3.59. The molecule has 0 spiro atoms. The lowest BCUT2D eigenvalue weighted by Gasteiger charge is -2.14. The molecule has 0 aliphatic carbocycles. The molecule has 1 fully saturated rings. The molecule has 198 valence electrons. The second-order valence-corrected chi connectivity index (χ2v) is 9.74. The molecule has 1 aliphatic rings. The molecule has 0 amide bonds. The van der Waals surface area contributed by atoms with E-state index in [1.807, 2.05) is 0 Å². The molecule has 11 N–H and O–H groups in total. The Balaban J connectivity index is 0. The number of aromatic amines is 1. The second kappa shape index (κ2) is 15.2. The first kappa shape index (κ1) is 35.1. The lowest BCUT2D eigenvalue weighted by Crippen LogP contribution is -2.33. The third-order valence-electron chi connectivity index (χ3n) is 2.82. The highest BCUT2D eigenvalue weighted by molar-refractivity contribution is 14.1. The van der Waals surface area contributed by atoms with Crippen molar-refractivity contribution in [2.45, 2.75) is 24.8 Å². The normalized spacial score (nSPS) is 19.8. The van der Waals surface area contributed by atoms with Crippen LogP contribution in [0.1, 0.15) is 12.6 Å². The minimum atomic E-state index is -4.64. The van der Waals surface area contributed by atoms with Crippen LogP contribution in [0.15, 0.2) is 20.9 Å². The number of aliphatic hydroxyl groups excluding tert-OH is 1. The van der Waals surface area contributed by atoms with Crippen molar-refractivity contribution in [2.24, 2.45) is 5.11 Å². The largest absolute Gasteiger partial charge is 0.466 e. The fourth-order valence-electron chi connectivity index (χ4n) is 1.91. The smallest absolute Gasteiger partial charge is 0.394 e. The van der Waals surface area contributed by atoms with Crippen molar-refractivity contribution < 1.29 is 67.6 Å². The SMILES string of the molecule is O=P(O)(O)O.O=P(O)(O)O.O=P(O)(O)O.[N-]=[N+]=NC1C[C@H](n2cc(I)c(=O)[nH]c2=O)O[C@@H]1CO. The fourth-order valence-corrected chi connectivity index (χ4v) is 2.35. The van der Waals surface area contributed by atoms with E-state index in [9.17, 15) is 9.59 Å². The van der Waals surface area contributed by atoms with E-state index in [2.05, 4.69) is 15.0 Å². The van der Waals surface area contributed by atoms with Crippen molar-refractivity contribution in [1.29, 1.82) is 0 Å². The van der Waals surface area contributed by atoms with Crippen molar-refractivity contribution in [3.8, 4) is 0 Å². The molecule has 2 heterocycles. The standard InChI is InChI=1S/C9H10IN5O4.3H3O4P/c10-4-2-15(9(18)12-8(4)17)7-1-5(13-14-11)6(3-16)19-7;3*1-5(2,3)4/h2,5-7,16H,1,3H2,(H,12,17,18);3*(H3,1,2,3,4)/t5?,6-,7-;;;/m1.../s1. The van der Waals surface area contributed by atoms with Gasteiger partial charge in [0, 0.05) is 17.5 Å². The molecule has 34 heavy (non-hydrogen) atoms. The average Bonchev–Trinajstić information content (AvgIpc) is 2.97. The lowest BCUT2D eigenvalue weighted by atomic mass is 10.1. The minimum absolute atomic E-state index is 0.261. The molecule has 1 aliphatic heterocycles. The number of H-pyrrole nitrogens is 1. The highest BCUT2D eigenvalue weighted by atomic mass is 127. The van der Waals surface area contributed by atoms with E-state index in [-0.39, 0.29) is 13.0 Å². The van der Waals surface area contributed by atoms with Crippen LogP contribution < -0.4 is 11.2 Å². The summed E-state index contributed by atoms with van der Waals surface area (Å²) in [5, 5.41) is 12.7. The van der Waals surface area contributed by atoms with Gasteiger partial charge in [-0.1, -0.05) is 5.11 Å². The Morgan fingerprint density at radius 2 is 1.47 bits per heavy atom. The zero-order valence-corrected chi connectivity index (χ0v) is 21.0. The van der Waals surface area contributed by atoms with Gasteiger partial charge in [-0.25, -0.2) is 18.5 Å². The maximum absolute atomic E-state index is 11.7. The van der Waals surface area contributed by atoms with E-state index in [0.29, 0.717) is 3.57 Å². The van der Waals surface area contributed by atoms with Gasteiger partial charge in [-0.15, -0.1) is 0 Å². The monoisotopic (exact) mass is 673 g/mol. The second-order valence-electron chi connectivity index (χ2n) is 5.50. The van der Waals surface area contributed by atoms with Gasteiger partial charge in [-0.05, 0) is 28.1 Å². The van der Waals surface area contributed by atoms with E-state index in [1.54, 1.807) is 22.6 Å². The van der Waals surface area contributed by atoms with Crippen molar-refractivity contribution in [1.82, 2.24) is 9.55 Å². The molecule has 1 unspecified atom stereocenters. The Morgan fingerprint density at radius 1 is 1.06 bits per heavy atom. The van der Waals surface area contributed by atoms with Gasteiger partial charge in [-0.3, -0.25) is 14.3 Å². The molecule has 1 saturated heterocycles. The molecular weight excluding hydrogens is 654 g/mol. The van der Waals surface area contributed by atoms with Crippen molar-refractivity contribution in [2.75, 3.05) is 6.61 Å². The molecule has 2 rings (SSSR count). The van der Waals surface area contributed by atoms with E-state index < -0.39 is 53.1 Å². The Hall–Kier alpha value is -1.03. The van der Waals surface area contributed by atoms with E-state index in [0.717, 1.165) is 0 Å². The first-order valence-electron chi connectivity index (χ1n) is 7.73. The maximum Gasteiger partial charge on any atom is 0.466 e. The topological polar surface area (TPSA) is 366 Å². The molecule has 1 aromatic heterocycles. The third kappa shape index (κ3) is 21.5. The van der Waals surface area contributed by atoms with Crippen LogP contribution in [0, 0.1) is 3.57 Å². The summed E-state index contributed by atoms with van der Waals surface area (Å²) in [5.41, 5.74) is 7.37. The number of rotatable bonds is 3. The predicted molar refractivity (Wildman–Crippen MR) is 115 cm³/mol.